The van der Waals surface area contributed by atoms with Gasteiger partial charge >= 0.3 is 0 Å². The van der Waals surface area contributed by atoms with Crippen LogP contribution in [0.2, 0.25) is 0 Å². The van der Waals surface area contributed by atoms with Crippen molar-refractivity contribution in [3.8, 4) is 0 Å². The predicted molar refractivity (Wildman–Crippen MR) is 107 cm³/mol. The summed E-state index contributed by atoms with van der Waals surface area (Å²) >= 11 is 0. The van der Waals surface area contributed by atoms with Crippen LogP contribution in [0.4, 0.5) is 0 Å². The summed E-state index contributed by atoms with van der Waals surface area (Å²) in [6, 6.07) is 10.0. The monoisotopic (exact) mass is 357 g/mol. The Hall–Kier alpha value is -1.16. The molecule has 1 aliphatic carbocycles. The van der Waals surface area contributed by atoms with E-state index in [2.05, 4.69) is 38.7 Å². The first kappa shape index (κ1) is 19.6. The van der Waals surface area contributed by atoms with Gasteiger partial charge in [-0.2, -0.15) is 0 Å². The SMILES string of the molecule is CC1=CCN(C(C)(C)[C@@H]2CC[C@@H](C)C[C@H]2O)C[C@@](O)(c2ccccc2)C1. The molecular formula is C23H35NO2. The summed E-state index contributed by atoms with van der Waals surface area (Å²) in [6.07, 6.45) is 5.77. The minimum absolute atomic E-state index is 0.163. The number of benzene rings is 1. The maximum Gasteiger partial charge on any atom is 0.106 e. The zero-order valence-electron chi connectivity index (χ0n) is 16.8. The van der Waals surface area contributed by atoms with Crippen molar-refractivity contribution < 1.29 is 10.2 Å². The number of hydrogen-bond acceptors (Lipinski definition) is 3. The lowest BCUT2D eigenvalue weighted by molar-refractivity contribution is -0.0749. The molecule has 1 aromatic rings. The fraction of sp³-hybridized carbons (Fsp3) is 0.652. The Morgan fingerprint density at radius 1 is 1.15 bits per heavy atom. The summed E-state index contributed by atoms with van der Waals surface area (Å²) in [5, 5.41) is 22.4. The molecule has 144 valence electrons. The highest BCUT2D eigenvalue weighted by atomic mass is 16.3. The van der Waals surface area contributed by atoms with Crippen LogP contribution in [0.3, 0.4) is 0 Å². The molecule has 1 heterocycles. The Bertz CT molecular complexity index is 639. The maximum absolute atomic E-state index is 11.6. The normalized spacial score (nSPS) is 34.2. The zero-order valence-corrected chi connectivity index (χ0v) is 16.8. The Balaban J connectivity index is 1.89. The highest BCUT2D eigenvalue weighted by Crippen LogP contribution is 2.41. The van der Waals surface area contributed by atoms with E-state index in [4.69, 9.17) is 0 Å². The van der Waals surface area contributed by atoms with Crippen LogP contribution in [-0.4, -0.2) is 39.8 Å². The highest BCUT2D eigenvalue weighted by molar-refractivity contribution is 5.27. The van der Waals surface area contributed by atoms with Crippen LogP contribution in [0.5, 0.6) is 0 Å². The zero-order chi connectivity index (χ0) is 18.9. The Morgan fingerprint density at radius 3 is 2.50 bits per heavy atom. The second-order valence-corrected chi connectivity index (χ2v) is 9.25. The highest BCUT2D eigenvalue weighted by Gasteiger charge is 2.45. The first-order chi connectivity index (χ1) is 12.2. The third-order valence-electron chi connectivity index (χ3n) is 6.80. The van der Waals surface area contributed by atoms with E-state index in [-0.39, 0.29) is 17.6 Å². The van der Waals surface area contributed by atoms with E-state index in [1.54, 1.807) is 0 Å². The molecule has 26 heavy (non-hydrogen) atoms. The molecule has 3 heteroatoms. The summed E-state index contributed by atoms with van der Waals surface area (Å²) in [6.45, 7) is 10.3. The Labute approximate surface area is 158 Å². The van der Waals surface area contributed by atoms with Crippen LogP contribution in [0.1, 0.15) is 58.9 Å². The molecule has 3 rings (SSSR count). The van der Waals surface area contributed by atoms with Crippen molar-refractivity contribution in [2.75, 3.05) is 13.1 Å². The third-order valence-corrected chi connectivity index (χ3v) is 6.80. The molecule has 0 spiro atoms. The van der Waals surface area contributed by atoms with Gasteiger partial charge in [0, 0.05) is 31.0 Å². The van der Waals surface area contributed by atoms with Crippen LogP contribution in [0.25, 0.3) is 0 Å². The summed E-state index contributed by atoms with van der Waals surface area (Å²) in [4.78, 5) is 2.39. The van der Waals surface area contributed by atoms with Crippen LogP contribution in [0.15, 0.2) is 42.0 Å². The van der Waals surface area contributed by atoms with Crippen molar-refractivity contribution in [2.24, 2.45) is 11.8 Å². The lowest BCUT2D eigenvalue weighted by Crippen LogP contribution is -2.57. The van der Waals surface area contributed by atoms with Gasteiger partial charge in [0.2, 0.25) is 0 Å². The number of rotatable bonds is 3. The van der Waals surface area contributed by atoms with E-state index in [0.717, 1.165) is 24.9 Å². The van der Waals surface area contributed by atoms with Crippen LogP contribution in [0, 0.1) is 11.8 Å². The minimum Gasteiger partial charge on any atom is -0.393 e. The van der Waals surface area contributed by atoms with E-state index in [0.29, 0.717) is 18.9 Å². The van der Waals surface area contributed by atoms with Gasteiger partial charge in [-0.15, -0.1) is 0 Å². The topological polar surface area (TPSA) is 43.7 Å². The molecule has 0 bridgehead atoms. The summed E-state index contributed by atoms with van der Waals surface area (Å²) in [7, 11) is 0. The number of β-amino-alcohol motifs (C(OH)–C–C–N with tert-alkyl or cyclic N) is 1. The fourth-order valence-electron chi connectivity index (χ4n) is 5.03. The van der Waals surface area contributed by atoms with E-state index >= 15 is 0 Å². The average Bonchev–Trinajstić information content (AvgIpc) is 2.74. The van der Waals surface area contributed by atoms with Crippen molar-refractivity contribution >= 4 is 0 Å². The van der Waals surface area contributed by atoms with Gasteiger partial charge in [0.05, 0.1) is 6.10 Å². The molecule has 2 N–H and O–H groups in total. The number of hydrogen-bond donors (Lipinski definition) is 2. The minimum atomic E-state index is -0.886. The molecule has 0 saturated heterocycles. The number of nitrogens with zero attached hydrogens (tertiary/aromatic N) is 1. The number of aliphatic hydroxyl groups is 2. The predicted octanol–water partition coefficient (Wildman–Crippen LogP) is 4.10. The van der Waals surface area contributed by atoms with Gasteiger partial charge in [0.25, 0.3) is 0 Å². The van der Waals surface area contributed by atoms with E-state index in [1.807, 2.05) is 30.3 Å². The van der Waals surface area contributed by atoms with Gasteiger partial charge in [-0.05, 0) is 45.1 Å². The molecule has 4 atom stereocenters. The van der Waals surface area contributed by atoms with Crippen molar-refractivity contribution in [1.82, 2.24) is 4.90 Å². The summed E-state index contributed by atoms with van der Waals surface area (Å²) in [5.41, 5.74) is 1.16. The van der Waals surface area contributed by atoms with Crippen molar-refractivity contribution in [1.29, 1.82) is 0 Å². The van der Waals surface area contributed by atoms with Gasteiger partial charge < -0.3 is 10.2 Å². The molecule has 1 fully saturated rings. The smallest absolute Gasteiger partial charge is 0.106 e. The van der Waals surface area contributed by atoms with Crippen molar-refractivity contribution in [3.05, 3.63) is 47.5 Å². The van der Waals surface area contributed by atoms with Gasteiger partial charge in [0.1, 0.15) is 5.60 Å². The molecule has 0 unspecified atom stereocenters. The molecule has 3 nitrogen and oxygen atoms in total. The second-order valence-electron chi connectivity index (χ2n) is 9.25. The molecule has 0 radical (unpaired) electrons. The largest absolute Gasteiger partial charge is 0.393 e. The van der Waals surface area contributed by atoms with Crippen molar-refractivity contribution in [3.63, 3.8) is 0 Å². The maximum atomic E-state index is 11.6. The number of aliphatic hydroxyl groups excluding tert-OH is 1. The lowest BCUT2D eigenvalue weighted by Gasteiger charge is -2.49. The van der Waals surface area contributed by atoms with Crippen LogP contribution in [-0.2, 0) is 5.60 Å². The first-order valence-electron chi connectivity index (χ1n) is 10.1. The van der Waals surface area contributed by atoms with Crippen LogP contribution >= 0.6 is 0 Å². The standard InChI is InChI=1S/C23H35NO2/c1-17-10-11-20(21(25)14-17)22(3,4)24-13-12-18(2)15-23(26,16-24)19-8-6-5-7-9-19/h5-9,12,17,20-21,25-26H,10-11,13-16H2,1-4H3/t17-,20-,21-,23-/m1/s1. The van der Waals surface area contributed by atoms with E-state index < -0.39 is 5.60 Å². The molecule has 0 aromatic heterocycles. The quantitative estimate of drug-likeness (QED) is 0.801. The molecule has 0 amide bonds. The van der Waals surface area contributed by atoms with Crippen molar-refractivity contribution in [2.45, 2.75) is 70.6 Å². The van der Waals surface area contributed by atoms with Gasteiger partial charge in [-0.25, -0.2) is 0 Å². The van der Waals surface area contributed by atoms with E-state index in [1.165, 1.54) is 12.0 Å². The van der Waals surface area contributed by atoms with Gasteiger partial charge in [-0.3, -0.25) is 4.90 Å². The van der Waals surface area contributed by atoms with Crippen LogP contribution < -0.4 is 0 Å². The van der Waals surface area contributed by atoms with Gasteiger partial charge in [-0.1, -0.05) is 55.3 Å². The molecule has 1 aromatic carbocycles. The molecular weight excluding hydrogens is 322 g/mol. The summed E-state index contributed by atoms with van der Waals surface area (Å²) < 4.78 is 0. The Kier molecular flexibility index (Phi) is 5.62. The van der Waals surface area contributed by atoms with Gasteiger partial charge in [0.15, 0.2) is 0 Å². The lowest BCUT2D eigenvalue weighted by atomic mass is 9.70. The molecule has 1 saturated carbocycles. The second kappa shape index (κ2) is 7.46. The first-order valence-corrected chi connectivity index (χ1v) is 10.1. The molecule has 2 aliphatic rings. The van der Waals surface area contributed by atoms with E-state index in [9.17, 15) is 10.2 Å². The molecule has 1 aliphatic heterocycles. The summed E-state index contributed by atoms with van der Waals surface area (Å²) in [5.74, 6) is 0.843. The average molecular weight is 358 g/mol. The fourth-order valence-corrected chi connectivity index (χ4v) is 5.03. The third kappa shape index (κ3) is 3.90. The Morgan fingerprint density at radius 2 is 1.85 bits per heavy atom.